The standard InChI is InChI=1S/C17H10ClF3N2O2/c18-14-13(16(24)25)22-15-12(17(19,20)21)8-11(9-23(14)15)7-6-10-4-2-1-3-5-10/h1-9H,(H,24,25)/b7-6+. The first kappa shape index (κ1) is 17.0. The number of aromatic carboxylic acids is 1. The molecule has 0 aliphatic rings. The predicted molar refractivity (Wildman–Crippen MR) is 87.5 cm³/mol. The number of alkyl halides is 3. The molecule has 0 spiro atoms. The van der Waals surface area contributed by atoms with Crippen molar-refractivity contribution in [1.82, 2.24) is 9.38 Å². The molecule has 0 amide bonds. The van der Waals surface area contributed by atoms with Crippen molar-refractivity contribution in [2.24, 2.45) is 0 Å². The van der Waals surface area contributed by atoms with E-state index in [1.165, 1.54) is 12.3 Å². The molecule has 4 nitrogen and oxygen atoms in total. The van der Waals surface area contributed by atoms with E-state index < -0.39 is 29.1 Å². The van der Waals surface area contributed by atoms with Gasteiger partial charge in [0.05, 0.1) is 5.56 Å². The molecule has 0 saturated carbocycles. The summed E-state index contributed by atoms with van der Waals surface area (Å²) in [5.41, 5.74) is -1.22. The molecule has 0 saturated heterocycles. The van der Waals surface area contributed by atoms with E-state index >= 15 is 0 Å². The highest BCUT2D eigenvalue weighted by molar-refractivity contribution is 6.32. The lowest BCUT2D eigenvalue weighted by molar-refractivity contribution is -0.136. The van der Waals surface area contributed by atoms with E-state index in [2.05, 4.69) is 4.98 Å². The molecule has 0 atom stereocenters. The Labute approximate surface area is 144 Å². The number of carboxylic acids is 1. The maximum Gasteiger partial charge on any atom is 0.420 e. The van der Waals surface area contributed by atoms with Crippen LogP contribution in [0.1, 0.15) is 27.2 Å². The second-order valence-corrected chi connectivity index (χ2v) is 5.54. The van der Waals surface area contributed by atoms with E-state index in [9.17, 15) is 18.0 Å². The summed E-state index contributed by atoms with van der Waals surface area (Å²) in [6.45, 7) is 0. The zero-order valence-corrected chi connectivity index (χ0v) is 13.2. The normalized spacial score (nSPS) is 12.2. The average Bonchev–Trinajstić information content (AvgIpc) is 2.89. The van der Waals surface area contributed by atoms with Gasteiger partial charge in [-0.2, -0.15) is 13.2 Å². The molecule has 0 unspecified atom stereocenters. The molecule has 0 fully saturated rings. The van der Waals surface area contributed by atoms with E-state index in [-0.39, 0.29) is 10.7 Å². The number of halogens is 4. The van der Waals surface area contributed by atoms with Gasteiger partial charge in [0.1, 0.15) is 5.15 Å². The van der Waals surface area contributed by atoms with Crippen LogP contribution >= 0.6 is 11.6 Å². The van der Waals surface area contributed by atoms with E-state index in [0.29, 0.717) is 0 Å². The van der Waals surface area contributed by atoms with Crippen molar-refractivity contribution in [2.45, 2.75) is 6.18 Å². The number of aromatic nitrogens is 2. The van der Waals surface area contributed by atoms with Gasteiger partial charge < -0.3 is 5.11 Å². The molecule has 3 aromatic rings. The Kier molecular flexibility index (Phi) is 4.26. The number of carbonyl (C=O) groups is 1. The van der Waals surface area contributed by atoms with Crippen molar-refractivity contribution in [3.05, 3.63) is 70.1 Å². The zero-order valence-electron chi connectivity index (χ0n) is 12.5. The van der Waals surface area contributed by atoms with E-state index in [4.69, 9.17) is 16.7 Å². The van der Waals surface area contributed by atoms with Gasteiger partial charge in [0, 0.05) is 6.20 Å². The monoisotopic (exact) mass is 366 g/mol. The highest BCUT2D eigenvalue weighted by Gasteiger charge is 2.35. The van der Waals surface area contributed by atoms with Gasteiger partial charge in [-0.1, -0.05) is 54.1 Å². The van der Waals surface area contributed by atoms with Crippen LogP contribution in [0.4, 0.5) is 13.2 Å². The topological polar surface area (TPSA) is 54.6 Å². The SMILES string of the molecule is O=C(O)c1nc2c(C(F)(F)F)cc(/C=C/c3ccccc3)cn2c1Cl. The van der Waals surface area contributed by atoms with Crippen LogP contribution in [0.5, 0.6) is 0 Å². The van der Waals surface area contributed by atoms with E-state index in [0.717, 1.165) is 16.0 Å². The third-order valence-corrected chi connectivity index (χ3v) is 3.82. The first-order chi connectivity index (χ1) is 11.8. The van der Waals surface area contributed by atoms with E-state index in [1.807, 2.05) is 6.07 Å². The molecular formula is C17H10ClF3N2O2. The quantitative estimate of drug-likeness (QED) is 0.719. The summed E-state index contributed by atoms with van der Waals surface area (Å²) in [7, 11) is 0. The first-order valence-corrected chi connectivity index (χ1v) is 7.40. The smallest absolute Gasteiger partial charge is 0.420 e. The minimum Gasteiger partial charge on any atom is -0.476 e. The van der Waals surface area contributed by atoms with Gasteiger partial charge in [0.15, 0.2) is 11.3 Å². The number of carboxylic acid groups (broad SMARTS) is 1. The van der Waals surface area contributed by atoms with Gasteiger partial charge in [-0.05, 0) is 17.2 Å². The van der Waals surface area contributed by atoms with Crippen LogP contribution in [0.15, 0.2) is 42.6 Å². The fraction of sp³-hybridized carbons (Fsp3) is 0.0588. The Morgan fingerprint density at radius 3 is 2.40 bits per heavy atom. The molecule has 128 valence electrons. The lowest BCUT2D eigenvalue weighted by Crippen LogP contribution is -2.08. The number of fused-ring (bicyclic) bond motifs is 1. The Morgan fingerprint density at radius 1 is 1.16 bits per heavy atom. The van der Waals surface area contributed by atoms with Crippen molar-refractivity contribution in [3.8, 4) is 0 Å². The summed E-state index contributed by atoms with van der Waals surface area (Å²) in [6, 6.07) is 9.93. The molecule has 0 radical (unpaired) electrons. The van der Waals surface area contributed by atoms with Crippen LogP contribution in [0, 0.1) is 0 Å². The molecule has 1 N–H and O–H groups in total. The Bertz CT molecular complexity index is 979. The number of benzene rings is 1. The predicted octanol–water partition coefficient (Wildman–Crippen LogP) is 4.88. The Morgan fingerprint density at radius 2 is 1.80 bits per heavy atom. The molecule has 0 bridgehead atoms. The summed E-state index contributed by atoms with van der Waals surface area (Å²) < 4.78 is 40.9. The summed E-state index contributed by atoms with van der Waals surface area (Å²) in [4.78, 5) is 14.6. The molecule has 2 aromatic heterocycles. The Balaban J connectivity index is 2.19. The number of pyridine rings is 1. The Hall–Kier alpha value is -2.80. The van der Waals surface area contributed by atoms with Crippen LogP contribution in [-0.4, -0.2) is 20.5 Å². The van der Waals surface area contributed by atoms with Crippen molar-refractivity contribution in [2.75, 3.05) is 0 Å². The number of hydrogen-bond donors (Lipinski definition) is 1. The van der Waals surface area contributed by atoms with Gasteiger partial charge in [-0.25, -0.2) is 9.78 Å². The van der Waals surface area contributed by atoms with Crippen molar-refractivity contribution in [3.63, 3.8) is 0 Å². The minimum absolute atomic E-state index is 0.208. The highest BCUT2D eigenvalue weighted by atomic mass is 35.5. The lowest BCUT2D eigenvalue weighted by Gasteiger charge is -2.09. The van der Waals surface area contributed by atoms with Crippen molar-refractivity contribution < 1.29 is 23.1 Å². The molecule has 25 heavy (non-hydrogen) atoms. The molecule has 2 heterocycles. The van der Waals surface area contributed by atoms with Gasteiger partial charge in [0.25, 0.3) is 0 Å². The van der Waals surface area contributed by atoms with Crippen LogP contribution < -0.4 is 0 Å². The van der Waals surface area contributed by atoms with Crippen LogP contribution in [0.3, 0.4) is 0 Å². The maximum absolute atomic E-state index is 13.3. The molecule has 3 rings (SSSR count). The molecule has 1 aromatic carbocycles. The van der Waals surface area contributed by atoms with Gasteiger partial charge in [-0.15, -0.1) is 0 Å². The fourth-order valence-electron chi connectivity index (χ4n) is 2.33. The summed E-state index contributed by atoms with van der Waals surface area (Å²) >= 11 is 5.89. The number of hydrogen-bond acceptors (Lipinski definition) is 2. The molecular weight excluding hydrogens is 357 g/mol. The third kappa shape index (κ3) is 3.36. The van der Waals surface area contributed by atoms with Gasteiger partial charge >= 0.3 is 12.1 Å². The summed E-state index contributed by atoms with van der Waals surface area (Å²) in [6.07, 6.45) is -0.265. The van der Waals surface area contributed by atoms with Crippen LogP contribution in [0.2, 0.25) is 5.15 Å². The van der Waals surface area contributed by atoms with Gasteiger partial charge in [0.2, 0.25) is 0 Å². The van der Waals surface area contributed by atoms with Crippen LogP contribution in [-0.2, 0) is 6.18 Å². The van der Waals surface area contributed by atoms with Gasteiger partial charge in [-0.3, -0.25) is 4.40 Å². The summed E-state index contributed by atoms with van der Waals surface area (Å²) in [5, 5.41) is 8.64. The number of rotatable bonds is 3. The van der Waals surface area contributed by atoms with Crippen molar-refractivity contribution in [1.29, 1.82) is 0 Å². The molecule has 0 aliphatic heterocycles. The second kappa shape index (κ2) is 6.25. The molecule has 0 aliphatic carbocycles. The van der Waals surface area contributed by atoms with E-state index in [1.54, 1.807) is 30.3 Å². The number of imidazole rings is 1. The second-order valence-electron chi connectivity index (χ2n) is 5.18. The first-order valence-electron chi connectivity index (χ1n) is 7.02. The fourth-order valence-corrected chi connectivity index (χ4v) is 2.58. The molecule has 8 heteroatoms. The minimum atomic E-state index is -4.71. The van der Waals surface area contributed by atoms with Crippen molar-refractivity contribution >= 4 is 35.4 Å². The highest BCUT2D eigenvalue weighted by Crippen LogP contribution is 2.35. The maximum atomic E-state index is 13.3. The van der Waals surface area contributed by atoms with Crippen LogP contribution in [0.25, 0.3) is 17.8 Å². The largest absolute Gasteiger partial charge is 0.476 e. The summed E-state index contributed by atoms with van der Waals surface area (Å²) in [5.74, 6) is -1.50. The average molecular weight is 367 g/mol. The number of nitrogens with zero attached hydrogens (tertiary/aromatic N) is 2. The lowest BCUT2D eigenvalue weighted by atomic mass is 10.1. The third-order valence-electron chi connectivity index (χ3n) is 3.46. The zero-order chi connectivity index (χ0) is 18.2.